The fraction of sp³-hybridized carbons (Fsp3) is 0.610. The molecule has 2 heterocycles. The summed E-state index contributed by atoms with van der Waals surface area (Å²) in [6.45, 7) is 18.8. The Morgan fingerprint density at radius 1 is 0.500 bits per heavy atom. The minimum Gasteiger partial charge on any atom is -0.494 e. The summed E-state index contributed by atoms with van der Waals surface area (Å²) in [4.78, 5) is 0. The van der Waals surface area contributed by atoms with Crippen LogP contribution in [-0.2, 0) is 23.9 Å². The van der Waals surface area contributed by atoms with Crippen molar-refractivity contribution in [1.82, 2.24) is 0 Å². The van der Waals surface area contributed by atoms with E-state index in [2.05, 4.69) is 125 Å². The number of aryl methyl sites for hydroxylation is 2. The first-order valence-corrected chi connectivity index (χ1v) is 17.8. The standard InChI is InChI=1S/C41H64N2O/c1-8-9-10-11-12-13-14-15-16-17-18-25-42-27-21-35(22-28-42)36-23-29-43(30-24-36)26-19-20-31-44-39-33-37(40(2,3)4)32-38(34-39)41(5,6)7/h21-24,27-30,32-34H,8-20,25-26,31H2,1-7H3/q+2. The third-order valence-corrected chi connectivity index (χ3v) is 8.85. The Balaban J connectivity index is 1.34. The lowest BCUT2D eigenvalue weighted by Crippen LogP contribution is -2.33. The zero-order valence-corrected chi connectivity index (χ0v) is 29.5. The third kappa shape index (κ3) is 13.1. The molecule has 0 aliphatic rings. The smallest absolute Gasteiger partial charge is 0.169 e. The van der Waals surface area contributed by atoms with Crippen molar-refractivity contribution >= 4 is 0 Å². The molecule has 2 aromatic heterocycles. The largest absolute Gasteiger partial charge is 0.494 e. The fourth-order valence-electron chi connectivity index (χ4n) is 5.69. The van der Waals surface area contributed by atoms with E-state index in [1.807, 2.05) is 0 Å². The molecule has 0 aliphatic carbocycles. The Morgan fingerprint density at radius 3 is 1.30 bits per heavy atom. The minimum absolute atomic E-state index is 0.106. The maximum Gasteiger partial charge on any atom is 0.169 e. The first kappa shape index (κ1) is 35.8. The lowest BCUT2D eigenvalue weighted by Gasteiger charge is -2.26. The van der Waals surface area contributed by atoms with Crippen molar-refractivity contribution < 1.29 is 13.9 Å². The molecule has 0 aliphatic heterocycles. The number of hydrogen-bond donors (Lipinski definition) is 0. The molecule has 0 fully saturated rings. The van der Waals surface area contributed by atoms with E-state index in [9.17, 15) is 0 Å². The summed E-state index contributed by atoms with van der Waals surface area (Å²) in [5, 5.41) is 0. The Labute approximate surface area is 271 Å². The highest BCUT2D eigenvalue weighted by molar-refractivity contribution is 5.60. The average molecular weight is 601 g/mol. The molecule has 242 valence electrons. The molecule has 0 unspecified atom stereocenters. The van der Waals surface area contributed by atoms with Crippen LogP contribution in [0.1, 0.15) is 143 Å². The van der Waals surface area contributed by atoms with Crippen LogP contribution >= 0.6 is 0 Å². The van der Waals surface area contributed by atoms with Gasteiger partial charge in [0.2, 0.25) is 0 Å². The zero-order chi connectivity index (χ0) is 31.8. The molecular formula is C41H64N2O+2. The highest BCUT2D eigenvalue weighted by Gasteiger charge is 2.21. The second-order valence-corrected chi connectivity index (χ2v) is 15.0. The molecular weight excluding hydrogens is 536 g/mol. The highest BCUT2D eigenvalue weighted by atomic mass is 16.5. The predicted molar refractivity (Wildman–Crippen MR) is 187 cm³/mol. The predicted octanol–water partition coefficient (Wildman–Crippen LogP) is 10.7. The summed E-state index contributed by atoms with van der Waals surface area (Å²) in [5.74, 6) is 1.00. The topological polar surface area (TPSA) is 17.0 Å². The van der Waals surface area contributed by atoms with Gasteiger partial charge in [-0.15, -0.1) is 0 Å². The van der Waals surface area contributed by atoms with Crippen molar-refractivity contribution in [2.75, 3.05) is 6.61 Å². The minimum atomic E-state index is 0.106. The third-order valence-electron chi connectivity index (χ3n) is 8.85. The summed E-state index contributed by atoms with van der Waals surface area (Å²) < 4.78 is 10.9. The number of pyridine rings is 2. The van der Waals surface area contributed by atoms with E-state index in [0.29, 0.717) is 0 Å². The van der Waals surface area contributed by atoms with Gasteiger partial charge in [0.25, 0.3) is 0 Å². The molecule has 3 heteroatoms. The number of unbranched alkanes of at least 4 members (excludes halogenated alkanes) is 11. The lowest BCUT2D eigenvalue weighted by molar-refractivity contribution is -0.697. The van der Waals surface area contributed by atoms with E-state index >= 15 is 0 Å². The molecule has 0 saturated carbocycles. The van der Waals surface area contributed by atoms with Crippen molar-refractivity contribution in [2.24, 2.45) is 0 Å². The molecule has 0 radical (unpaired) electrons. The first-order valence-electron chi connectivity index (χ1n) is 17.8. The van der Waals surface area contributed by atoms with E-state index in [1.54, 1.807) is 0 Å². The van der Waals surface area contributed by atoms with Gasteiger partial charge in [-0.1, -0.05) is 112 Å². The van der Waals surface area contributed by atoms with Crippen LogP contribution in [0.15, 0.2) is 67.3 Å². The monoisotopic (exact) mass is 601 g/mol. The second-order valence-electron chi connectivity index (χ2n) is 15.0. The number of ether oxygens (including phenoxy) is 1. The van der Waals surface area contributed by atoms with Crippen molar-refractivity contribution in [3.63, 3.8) is 0 Å². The maximum absolute atomic E-state index is 6.26. The van der Waals surface area contributed by atoms with Crippen LogP contribution < -0.4 is 13.9 Å². The molecule has 1 aromatic carbocycles. The van der Waals surface area contributed by atoms with Crippen LogP contribution in [0.2, 0.25) is 0 Å². The van der Waals surface area contributed by atoms with Crippen LogP contribution in [0.5, 0.6) is 5.75 Å². The van der Waals surface area contributed by atoms with Crippen LogP contribution in [0.4, 0.5) is 0 Å². The van der Waals surface area contributed by atoms with E-state index in [0.717, 1.165) is 38.3 Å². The Bertz CT molecular complexity index is 1170. The van der Waals surface area contributed by atoms with Gasteiger partial charge in [0.15, 0.2) is 24.8 Å². The number of aromatic nitrogens is 2. The fourth-order valence-corrected chi connectivity index (χ4v) is 5.69. The SMILES string of the molecule is CCCCCCCCCCCCC[n+]1ccc(-c2cc[n+](CCCCOc3cc(C(C)(C)C)cc(C(C)(C)C)c3)cc2)cc1. The van der Waals surface area contributed by atoms with E-state index in [-0.39, 0.29) is 10.8 Å². The Morgan fingerprint density at radius 2 is 0.886 bits per heavy atom. The van der Waals surface area contributed by atoms with Gasteiger partial charge in [0.1, 0.15) is 18.8 Å². The maximum atomic E-state index is 6.26. The quantitative estimate of drug-likeness (QED) is 0.0988. The second kappa shape index (κ2) is 18.3. The Kier molecular flexibility index (Phi) is 14.9. The van der Waals surface area contributed by atoms with Gasteiger partial charge in [0.05, 0.1) is 6.61 Å². The van der Waals surface area contributed by atoms with Crippen molar-refractivity contribution in [3.8, 4) is 16.9 Å². The van der Waals surface area contributed by atoms with Gasteiger partial charge in [0, 0.05) is 37.1 Å². The van der Waals surface area contributed by atoms with Gasteiger partial charge in [-0.2, -0.15) is 0 Å². The summed E-state index contributed by atoms with van der Waals surface area (Å²) >= 11 is 0. The molecule has 0 bridgehead atoms. The number of benzene rings is 1. The van der Waals surface area contributed by atoms with Crippen LogP contribution in [0.25, 0.3) is 11.1 Å². The zero-order valence-electron chi connectivity index (χ0n) is 29.5. The van der Waals surface area contributed by atoms with Crippen molar-refractivity contribution in [2.45, 2.75) is 156 Å². The van der Waals surface area contributed by atoms with Crippen molar-refractivity contribution in [1.29, 1.82) is 0 Å². The van der Waals surface area contributed by atoms with Crippen LogP contribution in [0.3, 0.4) is 0 Å². The molecule has 0 saturated heterocycles. The highest BCUT2D eigenvalue weighted by Crippen LogP contribution is 2.33. The molecule has 3 nitrogen and oxygen atoms in total. The summed E-state index contributed by atoms with van der Waals surface area (Å²) in [6.07, 6.45) is 26.4. The van der Waals surface area contributed by atoms with E-state index in [1.165, 1.54) is 92.9 Å². The van der Waals surface area contributed by atoms with Crippen molar-refractivity contribution in [3.05, 3.63) is 78.4 Å². The Hall–Kier alpha value is -2.68. The van der Waals surface area contributed by atoms with Gasteiger partial charge >= 0.3 is 0 Å². The molecule has 3 rings (SSSR count). The van der Waals surface area contributed by atoms with E-state index < -0.39 is 0 Å². The summed E-state index contributed by atoms with van der Waals surface area (Å²) in [5.41, 5.74) is 5.46. The van der Waals surface area contributed by atoms with Gasteiger partial charge < -0.3 is 4.74 Å². The van der Waals surface area contributed by atoms with Gasteiger partial charge in [-0.25, -0.2) is 9.13 Å². The molecule has 0 amide bonds. The molecule has 0 atom stereocenters. The number of nitrogens with zero attached hydrogens (tertiary/aromatic N) is 2. The first-order chi connectivity index (χ1) is 21.1. The molecule has 3 aromatic rings. The summed E-state index contributed by atoms with van der Waals surface area (Å²) in [7, 11) is 0. The average Bonchev–Trinajstić information content (AvgIpc) is 2.99. The number of rotatable bonds is 19. The van der Waals surface area contributed by atoms with E-state index in [4.69, 9.17) is 4.74 Å². The van der Waals surface area contributed by atoms with Crippen LogP contribution in [-0.4, -0.2) is 6.61 Å². The normalized spacial score (nSPS) is 12.1. The molecule has 0 spiro atoms. The molecule has 0 N–H and O–H groups in total. The molecule has 44 heavy (non-hydrogen) atoms. The summed E-state index contributed by atoms with van der Waals surface area (Å²) in [6, 6.07) is 15.8. The number of hydrogen-bond acceptors (Lipinski definition) is 1. The van der Waals surface area contributed by atoms with Gasteiger partial charge in [-0.05, 0) is 58.1 Å². The van der Waals surface area contributed by atoms with Gasteiger partial charge in [-0.3, -0.25) is 0 Å². The van der Waals surface area contributed by atoms with Crippen LogP contribution in [0, 0.1) is 0 Å². The lowest BCUT2D eigenvalue weighted by atomic mass is 9.80.